The van der Waals surface area contributed by atoms with Crippen LogP contribution in [-0.2, 0) is 23.9 Å². The molecule has 0 radical (unpaired) electrons. The van der Waals surface area contributed by atoms with Crippen LogP contribution in [0.4, 0.5) is 0 Å². The Kier molecular flexibility index (Phi) is 4.87. The van der Waals surface area contributed by atoms with Crippen LogP contribution in [0.5, 0.6) is 0 Å². The highest BCUT2D eigenvalue weighted by atomic mass is 16.5. The van der Waals surface area contributed by atoms with Gasteiger partial charge in [0.05, 0.1) is 24.9 Å². The van der Waals surface area contributed by atoms with Gasteiger partial charge in [-0.25, -0.2) is 0 Å². The van der Waals surface area contributed by atoms with Gasteiger partial charge in [0, 0.05) is 6.04 Å². The van der Waals surface area contributed by atoms with E-state index in [1.54, 1.807) is 0 Å². The van der Waals surface area contributed by atoms with Gasteiger partial charge < -0.3 is 10.1 Å². The predicted molar refractivity (Wildman–Crippen MR) is 83.5 cm³/mol. The molecule has 1 saturated heterocycles. The zero-order chi connectivity index (χ0) is 17.3. The van der Waals surface area contributed by atoms with Crippen molar-refractivity contribution < 1.29 is 23.9 Å². The zero-order valence-corrected chi connectivity index (χ0v) is 14.0. The summed E-state index contributed by atoms with van der Waals surface area (Å²) < 4.78 is 4.77. The second kappa shape index (κ2) is 6.91. The Balaban J connectivity index is 1.59. The molecule has 24 heavy (non-hydrogen) atoms. The van der Waals surface area contributed by atoms with Gasteiger partial charge in [-0.05, 0) is 25.7 Å². The van der Waals surface area contributed by atoms with Crippen LogP contribution in [0, 0.1) is 17.8 Å². The molecule has 2 saturated carbocycles. The van der Waals surface area contributed by atoms with Crippen molar-refractivity contribution in [1.29, 1.82) is 0 Å². The highest BCUT2D eigenvalue weighted by molar-refractivity contribution is 6.07. The van der Waals surface area contributed by atoms with Crippen LogP contribution < -0.4 is 5.32 Å². The molecule has 0 spiro atoms. The fourth-order valence-electron chi connectivity index (χ4n) is 4.35. The second-order valence-electron chi connectivity index (χ2n) is 6.99. The van der Waals surface area contributed by atoms with Crippen LogP contribution in [0.3, 0.4) is 0 Å². The molecule has 7 nitrogen and oxygen atoms in total. The Bertz CT molecular complexity index is 537. The molecular formula is C17H24N2O5. The fraction of sp³-hybridized carbons (Fsp3) is 0.765. The van der Waals surface area contributed by atoms with Crippen LogP contribution in [0.1, 0.15) is 44.9 Å². The minimum absolute atomic E-state index is 0.212. The number of hydrogen-bond acceptors (Lipinski definition) is 5. The van der Waals surface area contributed by atoms with Gasteiger partial charge in [0.15, 0.2) is 0 Å². The minimum Gasteiger partial charge on any atom is -0.469 e. The second-order valence-corrected chi connectivity index (χ2v) is 6.99. The maximum Gasteiger partial charge on any atom is 0.310 e. The Morgan fingerprint density at radius 3 is 2.25 bits per heavy atom. The van der Waals surface area contributed by atoms with Crippen molar-refractivity contribution in [1.82, 2.24) is 10.2 Å². The van der Waals surface area contributed by atoms with Gasteiger partial charge in [-0.15, -0.1) is 0 Å². The summed E-state index contributed by atoms with van der Waals surface area (Å²) in [6, 6.07) is -0.278. The normalized spacial score (nSPS) is 32.6. The molecular weight excluding hydrogens is 312 g/mol. The molecule has 0 aromatic carbocycles. The average molecular weight is 336 g/mol. The number of ether oxygens (including phenoxy) is 1. The van der Waals surface area contributed by atoms with Crippen molar-refractivity contribution in [3.63, 3.8) is 0 Å². The summed E-state index contributed by atoms with van der Waals surface area (Å²) in [4.78, 5) is 49.9. The SMILES string of the molecule is COC(=O)[C@@H]1CCC[C@@H]1NC(=O)CN1C(=O)[C@H]2CCCC[C@@H]2C1=O. The number of carbonyl (C=O) groups is 4. The number of imide groups is 1. The van der Waals surface area contributed by atoms with E-state index < -0.39 is 0 Å². The van der Waals surface area contributed by atoms with E-state index in [1.807, 2.05) is 0 Å². The molecule has 3 rings (SSSR count). The lowest BCUT2D eigenvalue weighted by atomic mass is 9.81. The first kappa shape index (κ1) is 16.9. The number of nitrogens with one attached hydrogen (secondary N) is 1. The number of nitrogens with zero attached hydrogens (tertiary/aromatic N) is 1. The lowest BCUT2D eigenvalue weighted by Crippen LogP contribution is -2.46. The van der Waals surface area contributed by atoms with Crippen molar-refractivity contribution in [3.05, 3.63) is 0 Å². The number of rotatable bonds is 4. The lowest BCUT2D eigenvalue weighted by Gasteiger charge is -2.21. The summed E-state index contributed by atoms with van der Waals surface area (Å²) in [6.45, 7) is -0.241. The largest absolute Gasteiger partial charge is 0.469 e. The smallest absolute Gasteiger partial charge is 0.310 e. The molecule has 7 heteroatoms. The number of hydrogen-bond donors (Lipinski definition) is 1. The number of esters is 1. The first-order chi connectivity index (χ1) is 11.5. The predicted octanol–water partition coefficient (Wildman–Crippen LogP) is 0.619. The molecule has 1 heterocycles. The van der Waals surface area contributed by atoms with E-state index in [4.69, 9.17) is 4.74 Å². The van der Waals surface area contributed by atoms with Gasteiger partial charge in [0.25, 0.3) is 0 Å². The third kappa shape index (κ3) is 3.03. The van der Waals surface area contributed by atoms with E-state index in [-0.39, 0.29) is 54.0 Å². The van der Waals surface area contributed by atoms with E-state index >= 15 is 0 Å². The Morgan fingerprint density at radius 2 is 1.67 bits per heavy atom. The standard InChI is InChI=1S/C17H24N2O5/c1-24-17(23)12-7-4-8-13(12)18-14(20)9-19-15(21)10-5-2-3-6-11(10)16(19)22/h10-13H,2-9H2,1H3,(H,18,20)/t10-,11-,12+,13-/m0/s1. The van der Waals surface area contributed by atoms with Crippen LogP contribution in [0.15, 0.2) is 0 Å². The molecule has 0 bridgehead atoms. The number of likely N-dealkylation sites (tertiary alicyclic amines) is 1. The van der Waals surface area contributed by atoms with E-state index in [0.717, 1.165) is 37.0 Å². The van der Waals surface area contributed by atoms with Gasteiger partial charge in [0.1, 0.15) is 6.54 Å². The van der Waals surface area contributed by atoms with E-state index in [0.29, 0.717) is 12.8 Å². The highest BCUT2D eigenvalue weighted by Gasteiger charge is 2.48. The van der Waals surface area contributed by atoms with Crippen molar-refractivity contribution in [3.8, 4) is 0 Å². The molecule has 1 aliphatic heterocycles. The summed E-state index contributed by atoms with van der Waals surface area (Å²) in [5.74, 6) is -1.95. The lowest BCUT2D eigenvalue weighted by molar-refractivity contribution is -0.147. The third-order valence-electron chi connectivity index (χ3n) is 5.60. The third-order valence-corrected chi connectivity index (χ3v) is 5.60. The quantitative estimate of drug-likeness (QED) is 0.600. The molecule has 3 aliphatic rings. The minimum atomic E-state index is -0.379. The number of carbonyl (C=O) groups excluding carboxylic acids is 4. The van der Waals surface area contributed by atoms with Crippen molar-refractivity contribution in [2.24, 2.45) is 17.8 Å². The molecule has 3 amide bonds. The Labute approximate surface area is 141 Å². The monoisotopic (exact) mass is 336 g/mol. The van der Waals surface area contributed by atoms with Crippen LogP contribution in [-0.4, -0.2) is 48.3 Å². The number of methoxy groups -OCH3 is 1. The fourth-order valence-corrected chi connectivity index (χ4v) is 4.35. The Morgan fingerprint density at radius 1 is 1.04 bits per heavy atom. The number of fused-ring (bicyclic) bond motifs is 1. The van der Waals surface area contributed by atoms with Gasteiger partial charge in [-0.3, -0.25) is 24.1 Å². The average Bonchev–Trinajstić information content (AvgIpc) is 3.13. The molecule has 0 unspecified atom stereocenters. The van der Waals surface area contributed by atoms with Gasteiger partial charge >= 0.3 is 5.97 Å². The topological polar surface area (TPSA) is 92.8 Å². The molecule has 2 aliphatic carbocycles. The zero-order valence-electron chi connectivity index (χ0n) is 14.0. The van der Waals surface area contributed by atoms with E-state index in [9.17, 15) is 19.2 Å². The van der Waals surface area contributed by atoms with Crippen molar-refractivity contribution in [2.45, 2.75) is 51.0 Å². The van der Waals surface area contributed by atoms with Crippen molar-refractivity contribution in [2.75, 3.05) is 13.7 Å². The van der Waals surface area contributed by atoms with E-state index in [2.05, 4.69) is 5.32 Å². The molecule has 0 aromatic heterocycles. The summed E-state index contributed by atoms with van der Waals surface area (Å²) in [6.07, 6.45) is 5.63. The maximum absolute atomic E-state index is 12.4. The first-order valence-corrected chi connectivity index (χ1v) is 8.75. The van der Waals surface area contributed by atoms with Crippen molar-refractivity contribution >= 4 is 23.7 Å². The first-order valence-electron chi connectivity index (χ1n) is 8.75. The van der Waals surface area contributed by atoms with Crippen LogP contribution in [0.2, 0.25) is 0 Å². The summed E-state index contributed by atoms with van der Waals surface area (Å²) in [5.41, 5.74) is 0. The summed E-state index contributed by atoms with van der Waals surface area (Å²) in [5, 5.41) is 2.81. The van der Waals surface area contributed by atoms with Gasteiger partial charge in [-0.1, -0.05) is 19.3 Å². The molecule has 132 valence electrons. The van der Waals surface area contributed by atoms with Gasteiger partial charge in [-0.2, -0.15) is 0 Å². The molecule has 1 N–H and O–H groups in total. The summed E-state index contributed by atoms with van der Waals surface area (Å²) >= 11 is 0. The molecule has 0 aromatic rings. The van der Waals surface area contributed by atoms with E-state index in [1.165, 1.54) is 7.11 Å². The highest BCUT2D eigenvalue weighted by Crippen LogP contribution is 2.37. The number of amides is 3. The van der Waals surface area contributed by atoms with Crippen LogP contribution >= 0.6 is 0 Å². The van der Waals surface area contributed by atoms with Crippen LogP contribution in [0.25, 0.3) is 0 Å². The van der Waals surface area contributed by atoms with Gasteiger partial charge in [0.2, 0.25) is 17.7 Å². The maximum atomic E-state index is 12.4. The molecule has 4 atom stereocenters. The summed E-state index contributed by atoms with van der Waals surface area (Å²) in [7, 11) is 1.34. The Hall–Kier alpha value is -1.92. The molecule has 3 fully saturated rings.